The second-order valence-corrected chi connectivity index (χ2v) is 9.91. The number of carbonyl (C=O) groups is 1. The zero-order valence-corrected chi connectivity index (χ0v) is 20.1. The molecule has 0 spiro atoms. The lowest BCUT2D eigenvalue weighted by molar-refractivity contribution is -0.124. The molecule has 5 aliphatic rings. The van der Waals surface area contributed by atoms with Crippen molar-refractivity contribution >= 4 is 5.78 Å². The third-order valence-corrected chi connectivity index (χ3v) is 7.17. The summed E-state index contributed by atoms with van der Waals surface area (Å²) in [6.07, 6.45) is 6.20. The Morgan fingerprint density at radius 1 is 0.882 bits per heavy atom. The minimum Gasteiger partial charge on any atom is -0.302 e. The molecule has 0 N–H and O–H groups in total. The van der Waals surface area contributed by atoms with Crippen LogP contribution in [0.25, 0.3) is 11.3 Å². The van der Waals surface area contributed by atoms with Crippen molar-refractivity contribution in [1.29, 1.82) is 0 Å². The van der Waals surface area contributed by atoms with Gasteiger partial charge in [-0.15, -0.1) is 0 Å². The fourth-order valence-electron chi connectivity index (χ4n) is 5.24. The van der Waals surface area contributed by atoms with Crippen LogP contribution in [0.15, 0.2) is 60.8 Å². The van der Waals surface area contributed by atoms with Gasteiger partial charge in [0.25, 0.3) is 0 Å². The summed E-state index contributed by atoms with van der Waals surface area (Å²) in [6, 6.07) is 19.4. The SMILES string of the molecule is CN1CCCC(=O)C2CCN(CC2)Cc2cccc(c2)Cc2nccc(n2)-c2ccc(cc2)C1. The monoisotopic (exact) mass is 454 g/mol. The van der Waals surface area contributed by atoms with Crippen molar-refractivity contribution in [3.63, 3.8) is 0 Å². The van der Waals surface area contributed by atoms with Crippen molar-refractivity contribution in [2.45, 2.75) is 45.2 Å². The van der Waals surface area contributed by atoms with E-state index < -0.39 is 0 Å². The fraction of sp³-hybridized carbons (Fsp3) is 0.414. The number of aromatic nitrogens is 2. The number of carbonyl (C=O) groups excluding carboxylic acids is 1. The van der Waals surface area contributed by atoms with Crippen LogP contribution in [0.1, 0.15) is 48.2 Å². The van der Waals surface area contributed by atoms with Crippen molar-refractivity contribution < 1.29 is 4.79 Å². The third kappa shape index (κ3) is 5.78. The first-order valence-electron chi connectivity index (χ1n) is 12.5. The Bertz CT molecular complexity index is 1120. The van der Waals surface area contributed by atoms with Crippen molar-refractivity contribution in [3.05, 3.63) is 83.3 Å². The molecular formula is C29H34N4O. The molecule has 0 radical (unpaired) electrons. The quantitative estimate of drug-likeness (QED) is 0.491. The van der Waals surface area contributed by atoms with E-state index in [1.807, 2.05) is 12.3 Å². The minimum absolute atomic E-state index is 0.239. The molecule has 8 bridgehead atoms. The Morgan fingerprint density at radius 2 is 1.68 bits per heavy atom. The van der Waals surface area contributed by atoms with Crippen molar-refractivity contribution in [2.24, 2.45) is 5.92 Å². The van der Waals surface area contributed by atoms with E-state index in [4.69, 9.17) is 4.98 Å². The van der Waals surface area contributed by atoms with Crippen LogP contribution in [0.2, 0.25) is 0 Å². The van der Waals surface area contributed by atoms with Crippen LogP contribution >= 0.6 is 0 Å². The molecule has 3 aromatic rings. The van der Waals surface area contributed by atoms with Crippen LogP contribution in [0, 0.1) is 5.92 Å². The van der Waals surface area contributed by atoms with Gasteiger partial charge in [0.05, 0.1) is 5.69 Å². The fourth-order valence-corrected chi connectivity index (χ4v) is 5.24. The first-order valence-corrected chi connectivity index (χ1v) is 12.5. The second kappa shape index (κ2) is 10.6. The minimum atomic E-state index is 0.239. The Labute approximate surface area is 202 Å². The Hall–Kier alpha value is -2.89. The molecule has 0 atom stereocenters. The first kappa shape index (κ1) is 22.9. The van der Waals surface area contributed by atoms with E-state index in [0.29, 0.717) is 12.2 Å². The highest BCUT2D eigenvalue weighted by molar-refractivity contribution is 5.81. The summed E-state index contributed by atoms with van der Waals surface area (Å²) < 4.78 is 0. The molecule has 34 heavy (non-hydrogen) atoms. The highest BCUT2D eigenvalue weighted by atomic mass is 16.1. The van der Waals surface area contributed by atoms with E-state index in [1.165, 1.54) is 16.7 Å². The number of piperidine rings is 1. The van der Waals surface area contributed by atoms with E-state index in [0.717, 1.165) is 75.5 Å². The molecule has 5 aliphatic heterocycles. The number of Topliss-reactive ketones (excluding diaryl/α,β-unsaturated/α-hetero) is 1. The van der Waals surface area contributed by atoms with Gasteiger partial charge in [-0.3, -0.25) is 9.69 Å². The smallest absolute Gasteiger partial charge is 0.136 e. The molecular weight excluding hydrogens is 420 g/mol. The topological polar surface area (TPSA) is 49.3 Å². The maximum atomic E-state index is 12.8. The number of nitrogens with zero attached hydrogens (tertiary/aromatic N) is 4. The van der Waals surface area contributed by atoms with Crippen molar-refractivity contribution in [1.82, 2.24) is 19.8 Å². The molecule has 0 aliphatic carbocycles. The van der Waals surface area contributed by atoms with E-state index in [2.05, 4.69) is 70.4 Å². The molecule has 6 heterocycles. The van der Waals surface area contributed by atoms with E-state index >= 15 is 0 Å². The summed E-state index contributed by atoms with van der Waals surface area (Å²) in [7, 11) is 2.14. The van der Waals surface area contributed by atoms with Gasteiger partial charge in [0.2, 0.25) is 0 Å². The Morgan fingerprint density at radius 3 is 2.50 bits per heavy atom. The molecule has 1 aromatic heterocycles. The number of hydrogen-bond donors (Lipinski definition) is 0. The van der Waals surface area contributed by atoms with Crippen molar-refractivity contribution in [3.8, 4) is 11.3 Å². The predicted octanol–water partition coefficient (Wildman–Crippen LogP) is 4.74. The van der Waals surface area contributed by atoms with Gasteiger partial charge < -0.3 is 4.90 Å². The molecule has 5 heteroatoms. The summed E-state index contributed by atoms with van der Waals surface area (Å²) in [4.78, 5) is 27.0. The summed E-state index contributed by atoms with van der Waals surface area (Å²) >= 11 is 0. The summed E-state index contributed by atoms with van der Waals surface area (Å²) in [5.74, 6) is 1.55. The maximum absolute atomic E-state index is 12.8. The molecule has 5 nitrogen and oxygen atoms in total. The lowest BCUT2D eigenvalue weighted by atomic mass is 9.90. The third-order valence-electron chi connectivity index (χ3n) is 7.17. The van der Waals surface area contributed by atoms with Gasteiger partial charge in [0.15, 0.2) is 0 Å². The highest BCUT2D eigenvalue weighted by Crippen LogP contribution is 2.23. The molecule has 1 saturated heterocycles. The Balaban J connectivity index is 1.40. The zero-order valence-electron chi connectivity index (χ0n) is 20.1. The van der Waals surface area contributed by atoms with E-state index in [9.17, 15) is 4.79 Å². The van der Waals surface area contributed by atoms with Crippen LogP contribution in [0.4, 0.5) is 0 Å². The number of rotatable bonds is 0. The van der Waals surface area contributed by atoms with E-state index in [1.54, 1.807) is 0 Å². The normalized spacial score (nSPS) is 22.2. The molecule has 176 valence electrons. The van der Waals surface area contributed by atoms with Gasteiger partial charge in [-0.2, -0.15) is 0 Å². The lowest BCUT2D eigenvalue weighted by Crippen LogP contribution is -2.36. The Kier molecular flexibility index (Phi) is 7.12. The van der Waals surface area contributed by atoms with Gasteiger partial charge in [-0.25, -0.2) is 9.97 Å². The maximum Gasteiger partial charge on any atom is 0.136 e. The largest absolute Gasteiger partial charge is 0.302 e. The van der Waals surface area contributed by atoms with Crippen LogP contribution in [-0.2, 0) is 24.3 Å². The average Bonchev–Trinajstić information content (AvgIpc) is 2.85. The summed E-state index contributed by atoms with van der Waals surface area (Å²) in [5, 5.41) is 0. The predicted molar refractivity (Wildman–Crippen MR) is 135 cm³/mol. The molecule has 0 saturated carbocycles. The van der Waals surface area contributed by atoms with E-state index in [-0.39, 0.29) is 5.92 Å². The number of benzene rings is 2. The molecule has 8 rings (SSSR count). The molecule has 2 aromatic carbocycles. The standard InChI is InChI=1S/C29H34N4O/c1-32-15-3-6-28(34)26-12-16-33(17-13-26)21-24-5-2-4-23(18-24)19-29-30-14-11-27(31-29)25-9-7-22(20-32)8-10-25/h2,4-5,7-11,14,18,26H,3,6,12-13,15-17,19-21H2,1H3. The summed E-state index contributed by atoms with van der Waals surface area (Å²) in [5.41, 5.74) is 5.91. The highest BCUT2D eigenvalue weighted by Gasteiger charge is 2.24. The van der Waals surface area contributed by atoms with Gasteiger partial charge in [-0.05, 0) is 68.7 Å². The van der Waals surface area contributed by atoms with Crippen LogP contribution < -0.4 is 0 Å². The lowest BCUT2D eigenvalue weighted by Gasteiger charge is -2.31. The number of ketones is 1. The van der Waals surface area contributed by atoms with Crippen LogP contribution in [0.5, 0.6) is 0 Å². The molecule has 0 amide bonds. The molecule has 0 unspecified atom stereocenters. The zero-order chi connectivity index (χ0) is 23.3. The van der Waals surface area contributed by atoms with Crippen molar-refractivity contribution in [2.75, 3.05) is 26.7 Å². The first-order chi connectivity index (χ1) is 16.6. The van der Waals surface area contributed by atoms with Gasteiger partial charge in [0.1, 0.15) is 11.6 Å². The second-order valence-electron chi connectivity index (χ2n) is 9.91. The van der Waals surface area contributed by atoms with Gasteiger partial charge in [0, 0.05) is 43.6 Å². The van der Waals surface area contributed by atoms with Crippen LogP contribution in [-0.4, -0.2) is 52.2 Å². The number of hydrogen-bond acceptors (Lipinski definition) is 5. The van der Waals surface area contributed by atoms with Gasteiger partial charge >= 0.3 is 0 Å². The van der Waals surface area contributed by atoms with Crippen LogP contribution in [0.3, 0.4) is 0 Å². The average molecular weight is 455 g/mol. The molecule has 1 fully saturated rings. The van der Waals surface area contributed by atoms with Gasteiger partial charge in [-0.1, -0.05) is 48.5 Å². The summed E-state index contributed by atoms with van der Waals surface area (Å²) in [6.45, 7) is 4.77.